The molecule has 0 aliphatic carbocycles. The van der Waals surface area contributed by atoms with Crippen molar-refractivity contribution >= 4 is 38.5 Å². The van der Waals surface area contributed by atoms with Gasteiger partial charge in [-0.1, -0.05) is 0 Å². The van der Waals surface area contributed by atoms with Crippen LogP contribution in [-0.2, 0) is 3.80 Å². The second-order valence-corrected chi connectivity index (χ2v) is 0.289. The van der Waals surface area contributed by atoms with Crippen LogP contribution in [0.5, 0.6) is 0 Å². The first-order chi connectivity index (χ1) is 1.41. The van der Waals surface area contributed by atoms with Gasteiger partial charge in [0.05, 0.1) is 0 Å². The molecule has 5 heteroatoms. The van der Waals surface area contributed by atoms with Gasteiger partial charge >= 0.3 is 46.5 Å². The Morgan fingerprint density at radius 2 is 1.60 bits per heavy atom. The molecule has 0 radical (unpaired) electrons. The Hall–Kier alpha value is 1.19. The van der Waals surface area contributed by atoms with Crippen LogP contribution in [0.2, 0.25) is 0 Å². The van der Waals surface area contributed by atoms with Crippen molar-refractivity contribution in [3.8, 4) is 0 Å². The van der Waals surface area contributed by atoms with Crippen molar-refractivity contribution in [3.05, 3.63) is 0 Å². The van der Waals surface area contributed by atoms with E-state index in [1.54, 1.807) is 0 Å². The third-order valence-corrected chi connectivity index (χ3v) is 0. The third kappa shape index (κ3) is 37.3. The summed E-state index contributed by atoms with van der Waals surface area (Å²) in [5.41, 5.74) is 0. The Kier molecular flexibility index (Phi) is 62.3. The maximum atomic E-state index is 8.46. The Labute approximate surface area is 58.8 Å². The molecule has 0 saturated carbocycles. The molecule has 0 aromatic heterocycles. The first-order valence-corrected chi connectivity index (χ1v) is 1.41. The average Bonchev–Trinajstić information content (AvgIpc) is 0.918. The Morgan fingerprint density at radius 1 is 1.60 bits per heavy atom. The van der Waals surface area contributed by atoms with Crippen molar-refractivity contribution in [3.63, 3.8) is 0 Å². The average molecular weight is 119 g/mol. The first-order valence-electron chi connectivity index (χ1n) is 0.471. The summed E-state index contributed by atoms with van der Waals surface area (Å²) in [6.45, 7) is 0. The van der Waals surface area contributed by atoms with E-state index in [1.807, 2.05) is 0 Å². The molecule has 0 saturated heterocycles. The molecule has 0 amide bonds. The van der Waals surface area contributed by atoms with E-state index in [0.29, 0.717) is 0 Å². The SMILES string of the molecule is [Cl-].[Mg+2].[O]=[Al][O-]. The Morgan fingerprint density at radius 3 is 1.60 bits per heavy atom. The standard InChI is InChI=1S/Al.ClH.Mg.2O/h;1H;;;/q;;+2;;-1/p-1. The molecule has 0 heterocycles. The normalized spacial score (nSPS) is 1.60. The predicted octanol–water partition coefficient (Wildman–Crippen LogP) is -5.07. The Balaban J connectivity index is -0.0000000200. The summed E-state index contributed by atoms with van der Waals surface area (Å²) in [5.74, 6) is 0. The summed E-state index contributed by atoms with van der Waals surface area (Å²) in [6.07, 6.45) is 0. The second-order valence-electron chi connectivity index (χ2n) is 0.0962. The van der Waals surface area contributed by atoms with Crippen molar-refractivity contribution in [1.82, 2.24) is 0 Å². The van der Waals surface area contributed by atoms with E-state index in [1.165, 1.54) is 0 Å². The molecule has 0 bridgehead atoms. The van der Waals surface area contributed by atoms with Crippen LogP contribution in [0.15, 0.2) is 0 Å². The summed E-state index contributed by atoms with van der Waals surface area (Å²) in [7, 11) is 0. The van der Waals surface area contributed by atoms with Gasteiger partial charge in [0.25, 0.3) is 0 Å². The second kappa shape index (κ2) is 19.0. The summed E-state index contributed by atoms with van der Waals surface area (Å²) >= 11 is -1.75. The van der Waals surface area contributed by atoms with Crippen molar-refractivity contribution < 1.29 is 20.4 Å². The molecule has 0 aromatic carbocycles. The number of rotatable bonds is 0. The van der Waals surface area contributed by atoms with E-state index < -0.39 is 15.5 Å². The molecule has 5 heavy (non-hydrogen) atoms. The summed E-state index contributed by atoms with van der Waals surface area (Å²) in [5, 5.41) is 0. The molecule has 0 aliphatic rings. The monoisotopic (exact) mass is 118 g/mol. The zero-order chi connectivity index (χ0) is 2.71. The first kappa shape index (κ1) is 16.4. The van der Waals surface area contributed by atoms with Crippen LogP contribution in [0.4, 0.5) is 0 Å². The molecule has 0 aromatic rings. The zero-order valence-corrected chi connectivity index (χ0v) is 5.80. The number of hydrogen-bond acceptors (Lipinski definition) is 2. The molecule has 0 unspecified atom stereocenters. The molecular weight excluding hydrogens is 119 g/mol. The molecule has 0 fully saturated rings. The van der Waals surface area contributed by atoms with Crippen LogP contribution < -0.4 is 16.6 Å². The van der Waals surface area contributed by atoms with Crippen LogP contribution in [0.25, 0.3) is 0 Å². The van der Waals surface area contributed by atoms with Gasteiger partial charge in [0.2, 0.25) is 0 Å². The third-order valence-electron chi connectivity index (χ3n) is 0. The summed E-state index contributed by atoms with van der Waals surface area (Å²) in [4.78, 5) is 0. The van der Waals surface area contributed by atoms with Crippen LogP contribution >= 0.6 is 0 Å². The van der Waals surface area contributed by atoms with Gasteiger partial charge in [-0.2, -0.15) is 0 Å². The number of halogens is 1. The number of hydrogen-bond donors (Lipinski definition) is 0. The Bertz CT molecular complexity index is 17.1. The van der Waals surface area contributed by atoms with Crippen LogP contribution in [0.1, 0.15) is 0 Å². The van der Waals surface area contributed by atoms with Crippen molar-refractivity contribution in [1.29, 1.82) is 0 Å². The van der Waals surface area contributed by atoms with Gasteiger partial charge in [-0.25, -0.2) is 0 Å². The topological polar surface area (TPSA) is 40.1 Å². The van der Waals surface area contributed by atoms with Gasteiger partial charge in [-0.05, 0) is 0 Å². The van der Waals surface area contributed by atoms with Crippen molar-refractivity contribution in [2.45, 2.75) is 0 Å². The van der Waals surface area contributed by atoms with Gasteiger partial charge in [-0.3, -0.25) is 0 Å². The van der Waals surface area contributed by atoms with Gasteiger partial charge in [0.1, 0.15) is 0 Å². The molecular formula is AlClMgO2. The van der Waals surface area contributed by atoms with Crippen LogP contribution in [0.3, 0.4) is 0 Å². The van der Waals surface area contributed by atoms with Gasteiger partial charge in [-0.15, -0.1) is 0 Å². The molecule has 0 aliphatic heterocycles. The predicted molar refractivity (Wildman–Crippen MR) is 12.2 cm³/mol. The van der Waals surface area contributed by atoms with E-state index in [2.05, 4.69) is 0 Å². The molecule has 0 atom stereocenters. The van der Waals surface area contributed by atoms with Crippen molar-refractivity contribution in [2.75, 3.05) is 0 Å². The van der Waals surface area contributed by atoms with E-state index in [9.17, 15) is 0 Å². The molecule has 0 spiro atoms. The quantitative estimate of drug-likeness (QED) is 0.299. The van der Waals surface area contributed by atoms with Crippen molar-refractivity contribution in [2.24, 2.45) is 0 Å². The molecule has 0 N–H and O–H groups in total. The fourth-order valence-electron chi connectivity index (χ4n) is 0. The van der Waals surface area contributed by atoms with E-state index >= 15 is 0 Å². The van der Waals surface area contributed by atoms with E-state index in [-0.39, 0.29) is 35.5 Å². The van der Waals surface area contributed by atoms with Gasteiger partial charge < -0.3 is 12.4 Å². The summed E-state index contributed by atoms with van der Waals surface area (Å²) in [6, 6.07) is 0. The minimum atomic E-state index is -1.75. The van der Waals surface area contributed by atoms with Crippen LogP contribution in [-0.4, -0.2) is 38.5 Å². The van der Waals surface area contributed by atoms with Gasteiger partial charge in [0.15, 0.2) is 0 Å². The van der Waals surface area contributed by atoms with E-state index in [4.69, 9.17) is 7.96 Å². The molecule has 0 rings (SSSR count). The van der Waals surface area contributed by atoms with E-state index in [0.717, 1.165) is 0 Å². The minimum absolute atomic E-state index is 0. The fourth-order valence-corrected chi connectivity index (χ4v) is 0. The maximum absolute atomic E-state index is 8.46. The van der Waals surface area contributed by atoms with Gasteiger partial charge in [0, 0.05) is 0 Å². The zero-order valence-electron chi connectivity index (χ0n) is 2.48. The summed E-state index contributed by atoms with van der Waals surface area (Å²) < 4.78 is 16.9. The fraction of sp³-hybridized carbons (Fsp3) is 0. The molecule has 2 nitrogen and oxygen atoms in total. The van der Waals surface area contributed by atoms with Crippen LogP contribution in [0, 0.1) is 0 Å². The molecule has 24 valence electrons.